The maximum Gasteiger partial charge on any atom is 0.223 e. The normalized spacial score (nSPS) is 13.1. The quantitative estimate of drug-likeness (QED) is 0.522. The fourth-order valence-corrected chi connectivity index (χ4v) is 3.48. The fraction of sp³-hybridized carbons (Fsp3) is 0.100. The van der Waals surface area contributed by atoms with E-state index in [4.69, 9.17) is 16.5 Å². The molecule has 0 bridgehead atoms. The summed E-state index contributed by atoms with van der Waals surface area (Å²) in [6.07, 6.45) is 6.01. The highest BCUT2D eigenvalue weighted by Gasteiger charge is 2.23. The molecule has 4 aromatic rings. The van der Waals surface area contributed by atoms with E-state index in [0.29, 0.717) is 18.2 Å². The predicted octanol–water partition coefficient (Wildman–Crippen LogP) is 2.65. The molecule has 0 unspecified atom stereocenters. The van der Waals surface area contributed by atoms with Gasteiger partial charge in [-0.05, 0) is 48.4 Å². The molecule has 1 aliphatic heterocycles. The molecule has 0 saturated heterocycles. The summed E-state index contributed by atoms with van der Waals surface area (Å²) >= 11 is 0. The van der Waals surface area contributed by atoms with E-state index in [-0.39, 0.29) is 5.95 Å². The van der Waals surface area contributed by atoms with Gasteiger partial charge in [0.05, 0.1) is 0 Å². The molecule has 4 N–H and O–H groups in total. The van der Waals surface area contributed by atoms with E-state index in [1.807, 2.05) is 53.2 Å². The monoisotopic (exact) mass is 370 g/mol. The lowest BCUT2D eigenvalue weighted by Crippen LogP contribution is -2.20. The average molecular weight is 370 g/mol. The molecule has 0 atom stereocenters. The summed E-state index contributed by atoms with van der Waals surface area (Å²) in [7, 11) is 0. The number of aromatic nitrogens is 5. The highest BCUT2D eigenvalue weighted by Crippen LogP contribution is 2.33. The summed E-state index contributed by atoms with van der Waals surface area (Å²) in [5.74, 6) is 1.99. The summed E-state index contributed by atoms with van der Waals surface area (Å²) in [5, 5.41) is 0. The number of fused-ring (bicyclic) bond motifs is 2. The SMILES string of the molecule is Cc1nc(N)nc(-c2c(N3C=Cc4ccc(N)cc4C3)nc3ccccn23)n1. The predicted molar refractivity (Wildman–Crippen MR) is 109 cm³/mol. The first-order valence-electron chi connectivity index (χ1n) is 8.87. The number of imidazole rings is 1. The van der Waals surface area contributed by atoms with E-state index in [0.717, 1.165) is 34.0 Å². The Balaban J connectivity index is 1.70. The van der Waals surface area contributed by atoms with E-state index in [9.17, 15) is 0 Å². The van der Waals surface area contributed by atoms with Crippen LogP contribution in [0.3, 0.4) is 0 Å². The van der Waals surface area contributed by atoms with Crippen LogP contribution in [0.15, 0.2) is 48.8 Å². The van der Waals surface area contributed by atoms with Gasteiger partial charge in [0.1, 0.15) is 17.2 Å². The molecule has 28 heavy (non-hydrogen) atoms. The van der Waals surface area contributed by atoms with Crippen LogP contribution in [-0.4, -0.2) is 24.3 Å². The second-order valence-corrected chi connectivity index (χ2v) is 6.68. The Bertz CT molecular complexity index is 1220. The number of nitrogens with zero attached hydrogens (tertiary/aromatic N) is 6. The van der Waals surface area contributed by atoms with Crippen molar-refractivity contribution >= 4 is 29.2 Å². The molecule has 0 saturated carbocycles. The van der Waals surface area contributed by atoms with Crippen molar-refractivity contribution in [1.82, 2.24) is 24.3 Å². The zero-order chi connectivity index (χ0) is 19.3. The minimum atomic E-state index is 0.187. The first-order chi connectivity index (χ1) is 13.6. The van der Waals surface area contributed by atoms with Crippen LogP contribution in [-0.2, 0) is 6.54 Å². The van der Waals surface area contributed by atoms with Crippen LogP contribution in [0.2, 0.25) is 0 Å². The molecule has 4 heterocycles. The lowest BCUT2D eigenvalue weighted by Gasteiger charge is -2.24. The second-order valence-electron chi connectivity index (χ2n) is 6.68. The zero-order valence-corrected chi connectivity index (χ0v) is 15.2. The fourth-order valence-electron chi connectivity index (χ4n) is 3.48. The molecule has 0 aliphatic carbocycles. The van der Waals surface area contributed by atoms with Crippen molar-refractivity contribution < 1.29 is 0 Å². The average Bonchev–Trinajstić information content (AvgIpc) is 3.06. The van der Waals surface area contributed by atoms with Crippen molar-refractivity contribution in [1.29, 1.82) is 0 Å². The molecule has 3 aromatic heterocycles. The molecular weight excluding hydrogens is 352 g/mol. The number of benzene rings is 1. The summed E-state index contributed by atoms with van der Waals surface area (Å²) in [4.78, 5) is 19.9. The van der Waals surface area contributed by atoms with Crippen LogP contribution in [0, 0.1) is 6.92 Å². The van der Waals surface area contributed by atoms with Crippen molar-refractivity contribution in [2.45, 2.75) is 13.5 Å². The van der Waals surface area contributed by atoms with Gasteiger partial charge in [-0.25, -0.2) is 9.97 Å². The first kappa shape index (κ1) is 16.2. The van der Waals surface area contributed by atoms with E-state index >= 15 is 0 Å². The molecule has 8 heteroatoms. The number of hydrogen-bond acceptors (Lipinski definition) is 7. The largest absolute Gasteiger partial charge is 0.399 e. The van der Waals surface area contributed by atoms with Crippen LogP contribution in [0.25, 0.3) is 23.2 Å². The minimum Gasteiger partial charge on any atom is -0.399 e. The van der Waals surface area contributed by atoms with Gasteiger partial charge in [0, 0.05) is 24.6 Å². The van der Waals surface area contributed by atoms with Gasteiger partial charge >= 0.3 is 0 Å². The van der Waals surface area contributed by atoms with Gasteiger partial charge in [-0.2, -0.15) is 9.97 Å². The van der Waals surface area contributed by atoms with Crippen LogP contribution in [0.5, 0.6) is 0 Å². The Kier molecular flexibility index (Phi) is 3.51. The molecule has 1 aromatic carbocycles. The highest BCUT2D eigenvalue weighted by molar-refractivity contribution is 5.77. The van der Waals surface area contributed by atoms with Gasteiger partial charge in [0.2, 0.25) is 5.95 Å². The maximum atomic E-state index is 5.98. The highest BCUT2D eigenvalue weighted by atomic mass is 15.2. The number of anilines is 3. The van der Waals surface area contributed by atoms with Crippen LogP contribution < -0.4 is 16.4 Å². The zero-order valence-electron chi connectivity index (χ0n) is 15.2. The Labute approximate surface area is 161 Å². The Morgan fingerprint density at radius 3 is 2.75 bits per heavy atom. The molecule has 0 fully saturated rings. The number of aryl methyl sites for hydroxylation is 1. The molecular formula is C20H18N8. The van der Waals surface area contributed by atoms with Crippen molar-refractivity contribution in [3.8, 4) is 11.5 Å². The molecule has 8 nitrogen and oxygen atoms in total. The summed E-state index contributed by atoms with van der Waals surface area (Å²) in [6.45, 7) is 2.44. The molecule has 138 valence electrons. The minimum absolute atomic E-state index is 0.187. The standard InChI is InChI=1S/C20H18N8/c1-12-23-18(26-20(22)24-12)17-19(25-16-4-2-3-8-28(16)17)27-9-7-13-5-6-15(21)10-14(13)11-27/h2-10H,11,21H2,1H3,(H2,22,23,24,26). The van der Waals surface area contributed by atoms with E-state index in [1.54, 1.807) is 6.92 Å². The van der Waals surface area contributed by atoms with Crippen LogP contribution in [0.4, 0.5) is 17.5 Å². The number of nitrogen functional groups attached to an aromatic ring is 2. The van der Waals surface area contributed by atoms with Crippen molar-refractivity contribution in [3.05, 3.63) is 65.7 Å². The van der Waals surface area contributed by atoms with Crippen molar-refractivity contribution in [3.63, 3.8) is 0 Å². The number of nitrogens with two attached hydrogens (primary N) is 2. The maximum absolute atomic E-state index is 5.98. The van der Waals surface area contributed by atoms with E-state index < -0.39 is 0 Å². The van der Waals surface area contributed by atoms with Crippen LogP contribution >= 0.6 is 0 Å². The van der Waals surface area contributed by atoms with E-state index in [2.05, 4.69) is 25.9 Å². The van der Waals surface area contributed by atoms with Gasteiger partial charge in [-0.15, -0.1) is 0 Å². The molecule has 5 rings (SSSR count). The summed E-state index contributed by atoms with van der Waals surface area (Å²) in [5.41, 5.74) is 16.5. The van der Waals surface area contributed by atoms with Crippen LogP contribution in [0.1, 0.15) is 17.0 Å². The second kappa shape index (κ2) is 6.05. The Hall–Kier alpha value is -3.94. The lowest BCUT2D eigenvalue weighted by molar-refractivity contribution is 0.930. The van der Waals surface area contributed by atoms with Crippen molar-refractivity contribution in [2.75, 3.05) is 16.4 Å². The third-order valence-electron chi connectivity index (χ3n) is 4.70. The molecule has 0 radical (unpaired) electrons. The number of rotatable bonds is 2. The molecule has 0 amide bonds. The first-order valence-corrected chi connectivity index (χ1v) is 8.87. The van der Waals surface area contributed by atoms with E-state index in [1.165, 1.54) is 0 Å². The van der Waals surface area contributed by atoms with Gasteiger partial charge in [0.15, 0.2) is 11.6 Å². The lowest BCUT2D eigenvalue weighted by atomic mass is 10.0. The van der Waals surface area contributed by atoms with Gasteiger partial charge < -0.3 is 16.4 Å². The smallest absolute Gasteiger partial charge is 0.223 e. The van der Waals surface area contributed by atoms with Gasteiger partial charge in [-0.3, -0.25) is 4.40 Å². The molecule has 1 aliphatic rings. The third-order valence-corrected chi connectivity index (χ3v) is 4.70. The van der Waals surface area contributed by atoms with Gasteiger partial charge in [0.25, 0.3) is 0 Å². The molecule has 0 spiro atoms. The van der Waals surface area contributed by atoms with Crippen molar-refractivity contribution in [2.24, 2.45) is 0 Å². The Morgan fingerprint density at radius 2 is 1.89 bits per heavy atom. The summed E-state index contributed by atoms with van der Waals surface area (Å²) in [6, 6.07) is 11.8. The topological polar surface area (TPSA) is 111 Å². The number of pyridine rings is 1. The summed E-state index contributed by atoms with van der Waals surface area (Å²) < 4.78 is 1.96. The number of hydrogen-bond donors (Lipinski definition) is 2. The third kappa shape index (κ3) is 2.62. The van der Waals surface area contributed by atoms with Gasteiger partial charge in [-0.1, -0.05) is 12.1 Å². The Morgan fingerprint density at radius 1 is 1.00 bits per heavy atom.